The van der Waals surface area contributed by atoms with Gasteiger partial charge in [-0.25, -0.2) is 0 Å². The summed E-state index contributed by atoms with van der Waals surface area (Å²) in [5.74, 6) is 2.36. The zero-order valence-electron chi connectivity index (χ0n) is 23.7. The second kappa shape index (κ2) is 9.05. The van der Waals surface area contributed by atoms with Crippen molar-refractivity contribution in [3.05, 3.63) is 154 Å². The van der Waals surface area contributed by atoms with Gasteiger partial charge < -0.3 is 0 Å². The van der Waals surface area contributed by atoms with E-state index < -0.39 is 0 Å². The van der Waals surface area contributed by atoms with Crippen LogP contribution < -0.4 is 0 Å². The van der Waals surface area contributed by atoms with Crippen LogP contribution in [0.1, 0.15) is 71.9 Å². The van der Waals surface area contributed by atoms with Crippen LogP contribution in [0.5, 0.6) is 0 Å². The third kappa shape index (κ3) is 3.53. The second-order valence-corrected chi connectivity index (χ2v) is 13.3. The van der Waals surface area contributed by atoms with Crippen molar-refractivity contribution < 1.29 is 0 Å². The van der Waals surface area contributed by atoms with Crippen LogP contribution in [-0.4, -0.2) is 0 Å². The van der Waals surface area contributed by atoms with Crippen molar-refractivity contribution in [3.63, 3.8) is 0 Å². The highest BCUT2D eigenvalue weighted by molar-refractivity contribution is 5.89. The average molecular weight is 529 g/mol. The summed E-state index contributed by atoms with van der Waals surface area (Å²) >= 11 is 0. The van der Waals surface area contributed by atoms with Crippen molar-refractivity contribution in [1.29, 1.82) is 0 Å². The van der Waals surface area contributed by atoms with Crippen molar-refractivity contribution in [1.82, 2.24) is 0 Å². The Hall–Kier alpha value is -3.90. The second-order valence-electron chi connectivity index (χ2n) is 13.3. The van der Waals surface area contributed by atoms with Gasteiger partial charge in [0.25, 0.3) is 0 Å². The van der Waals surface area contributed by atoms with Gasteiger partial charge in [-0.1, -0.05) is 115 Å². The molecule has 2 atom stereocenters. The molecule has 41 heavy (non-hydrogen) atoms. The fourth-order valence-corrected chi connectivity index (χ4v) is 9.92. The van der Waals surface area contributed by atoms with Crippen molar-refractivity contribution in [2.75, 3.05) is 0 Å². The SMILES string of the molecule is C1=CCC(c2c(C34CC5CC(CC(C5)C3=C(c3ccccc3)c3ccccc3)C4)ccc3c2Cc2ccccc2-3)=C1. The smallest absolute Gasteiger partial charge is 0.0185 e. The molecule has 0 saturated heterocycles. The van der Waals surface area contributed by atoms with Crippen LogP contribution in [0.4, 0.5) is 0 Å². The van der Waals surface area contributed by atoms with Crippen LogP contribution in [0.2, 0.25) is 0 Å². The molecule has 0 aromatic heterocycles. The average Bonchev–Trinajstić information content (AvgIpc) is 3.67. The molecule has 0 spiro atoms. The van der Waals surface area contributed by atoms with E-state index in [0.717, 1.165) is 24.7 Å². The number of allylic oxidation sites excluding steroid dienone is 5. The van der Waals surface area contributed by atoms with Crippen LogP contribution in [0.3, 0.4) is 0 Å². The predicted octanol–water partition coefficient (Wildman–Crippen LogP) is 10.2. The van der Waals surface area contributed by atoms with Gasteiger partial charge in [0.05, 0.1) is 0 Å². The quantitative estimate of drug-likeness (QED) is 0.218. The third-order valence-electron chi connectivity index (χ3n) is 11.1. The molecule has 4 aromatic rings. The van der Waals surface area contributed by atoms with Gasteiger partial charge in [-0.15, -0.1) is 0 Å². The molecule has 0 radical (unpaired) electrons. The Morgan fingerprint density at radius 2 is 1.34 bits per heavy atom. The lowest BCUT2D eigenvalue weighted by Crippen LogP contribution is -2.51. The molecule has 4 fully saturated rings. The predicted molar refractivity (Wildman–Crippen MR) is 171 cm³/mol. The molecule has 4 saturated carbocycles. The van der Waals surface area contributed by atoms with E-state index in [-0.39, 0.29) is 5.41 Å². The minimum Gasteiger partial charge on any atom is -0.0801 e. The maximum Gasteiger partial charge on any atom is 0.0185 e. The van der Waals surface area contributed by atoms with Crippen molar-refractivity contribution in [2.24, 2.45) is 17.8 Å². The van der Waals surface area contributed by atoms with Crippen molar-refractivity contribution in [3.8, 4) is 11.1 Å². The van der Waals surface area contributed by atoms with Gasteiger partial charge in [0, 0.05) is 5.41 Å². The van der Waals surface area contributed by atoms with E-state index in [1.807, 2.05) is 0 Å². The summed E-state index contributed by atoms with van der Waals surface area (Å²) in [6, 6.07) is 36.9. The molecule has 0 aliphatic heterocycles. The summed E-state index contributed by atoms with van der Waals surface area (Å²) in [6.07, 6.45) is 16.0. The molecule has 0 heterocycles. The van der Waals surface area contributed by atoms with Gasteiger partial charge in [-0.05, 0) is 124 Å². The van der Waals surface area contributed by atoms with Crippen LogP contribution in [0, 0.1) is 17.8 Å². The van der Waals surface area contributed by atoms with Gasteiger partial charge in [-0.3, -0.25) is 0 Å². The monoisotopic (exact) mass is 528 g/mol. The molecule has 4 bridgehead atoms. The number of hydrogen-bond acceptors (Lipinski definition) is 0. The van der Waals surface area contributed by atoms with Crippen molar-refractivity contribution in [2.45, 2.75) is 50.4 Å². The Morgan fingerprint density at radius 3 is 2.02 bits per heavy atom. The van der Waals surface area contributed by atoms with Gasteiger partial charge in [0.1, 0.15) is 0 Å². The Kier molecular flexibility index (Phi) is 5.25. The van der Waals surface area contributed by atoms with Crippen LogP contribution in [0.15, 0.2) is 121 Å². The van der Waals surface area contributed by atoms with E-state index in [0.29, 0.717) is 5.92 Å². The summed E-state index contributed by atoms with van der Waals surface area (Å²) in [7, 11) is 0. The zero-order chi connectivity index (χ0) is 27.0. The van der Waals surface area contributed by atoms with Crippen LogP contribution >= 0.6 is 0 Å². The van der Waals surface area contributed by atoms with Gasteiger partial charge >= 0.3 is 0 Å². The van der Waals surface area contributed by atoms with E-state index >= 15 is 0 Å². The van der Waals surface area contributed by atoms with E-state index in [4.69, 9.17) is 0 Å². The molecular weight excluding hydrogens is 492 g/mol. The van der Waals surface area contributed by atoms with Crippen molar-refractivity contribution >= 4 is 11.1 Å². The number of hydrogen-bond donors (Lipinski definition) is 0. The Labute approximate surface area is 244 Å². The van der Waals surface area contributed by atoms with E-state index in [1.165, 1.54) is 71.1 Å². The highest BCUT2D eigenvalue weighted by Crippen LogP contribution is 2.66. The standard InChI is InChI=1S/C41H36/c1-3-11-29(12-4-1)38(30-13-5-2-6-14-30)40-33-22-27-21-28(23-33)26-41(40,25-27)37-20-19-35-34-18-10-9-17-32(34)24-36(35)39(37)31-15-7-8-16-31/h1-15,17-20,27-28,33H,16,21-26H2. The molecule has 4 aromatic carbocycles. The summed E-state index contributed by atoms with van der Waals surface area (Å²) in [6.45, 7) is 0. The first-order valence-corrected chi connectivity index (χ1v) is 15.7. The first kappa shape index (κ1) is 23.8. The molecule has 0 heteroatoms. The van der Waals surface area contributed by atoms with Crippen LogP contribution in [0.25, 0.3) is 22.3 Å². The fourth-order valence-electron chi connectivity index (χ4n) is 9.92. The summed E-state index contributed by atoms with van der Waals surface area (Å²) in [5.41, 5.74) is 16.9. The van der Waals surface area contributed by atoms with E-state index in [2.05, 4.69) is 115 Å². The van der Waals surface area contributed by atoms with Gasteiger partial charge in [-0.2, -0.15) is 0 Å². The molecule has 2 unspecified atom stereocenters. The van der Waals surface area contributed by atoms with E-state index in [9.17, 15) is 0 Å². The Balaban J connectivity index is 1.36. The zero-order valence-corrected chi connectivity index (χ0v) is 23.7. The van der Waals surface area contributed by atoms with Crippen LogP contribution in [-0.2, 0) is 11.8 Å². The molecule has 0 nitrogen and oxygen atoms in total. The summed E-state index contributed by atoms with van der Waals surface area (Å²) in [4.78, 5) is 0. The van der Waals surface area contributed by atoms with E-state index in [1.54, 1.807) is 22.3 Å². The Bertz CT molecular complexity index is 1710. The molecule has 200 valence electrons. The number of fused-ring (bicyclic) bond motifs is 3. The normalized spacial score (nSPS) is 26.7. The molecule has 6 aliphatic carbocycles. The number of benzene rings is 4. The lowest BCUT2D eigenvalue weighted by molar-refractivity contribution is 0.0474. The first-order valence-electron chi connectivity index (χ1n) is 15.7. The lowest BCUT2D eigenvalue weighted by atomic mass is 9.44. The lowest BCUT2D eigenvalue weighted by Gasteiger charge is -2.60. The molecule has 0 N–H and O–H groups in total. The first-order chi connectivity index (χ1) is 20.3. The highest BCUT2D eigenvalue weighted by Gasteiger charge is 2.56. The maximum atomic E-state index is 2.59. The minimum absolute atomic E-state index is 0.0956. The summed E-state index contributed by atoms with van der Waals surface area (Å²) in [5, 5.41) is 0. The molecule has 6 aliphatic rings. The molecular formula is C41H36. The minimum atomic E-state index is 0.0956. The highest BCUT2D eigenvalue weighted by atomic mass is 14.6. The largest absolute Gasteiger partial charge is 0.0801 e. The third-order valence-corrected chi connectivity index (χ3v) is 11.1. The fraction of sp³-hybridized carbons (Fsp3) is 0.268. The topological polar surface area (TPSA) is 0 Å². The summed E-state index contributed by atoms with van der Waals surface area (Å²) < 4.78 is 0. The molecule has 0 amide bonds. The van der Waals surface area contributed by atoms with Gasteiger partial charge in [0.2, 0.25) is 0 Å². The maximum absolute atomic E-state index is 2.59. The van der Waals surface area contributed by atoms with Gasteiger partial charge in [0.15, 0.2) is 0 Å². The number of rotatable bonds is 4. The Morgan fingerprint density at radius 1 is 0.659 bits per heavy atom. The molecule has 10 rings (SSSR count).